The molecule has 0 spiro atoms. The molecule has 2 aromatic rings. The molecule has 23 heavy (non-hydrogen) atoms. The van der Waals surface area contributed by atoms with Gasteiger partial charge in [-0.15, -0.1) is 10.2 Å². The van der Waals surface area contributed by atoms with Crippen molar-refractivity contribution in [3.8, 4) is 11.8 Å². The molecule has 0 saturated heterocycles. The highest BCUT2D eigenvalue weighted by Gasteiger charge is 2.17. The SMILES string of the molecule is COc1ccc(/C=C(\C#N)c2nnc3n2CCCCC3)cc1F. The molecule has 0 atom stereocenters. The fraction of sp³-hybridized carbons (Fsp3) is 0.353. The van der Waals surface area contributed by atoms with Crippen LogP contribution in [0, 0.1) is 17.1 Å². The number of methoxy groups -OCH3 is 1. The molecule has 1 aliphatic heterocycles. The zero-order chi connectivity index (χ0) is 16.2. The Bertz CT molecular complexity index is 788. The molecule has 2 heterocycles. The number of halogens is 1. The molecule has 0 unspecified atom stereocenters. The molecular weight excluding hydrogens is 295 g/mol. The van der Waals surface area contributed by atoms with Crippen LogP contribution in [0.25, 0.3) is 11.6 Å². The van der Waals surface area contributed by atoms with Crippen LogP contribution in [0.5, 0.6) is 5.75 Å². The van der Waals surface area contributed by atoms with E-state index < -0.39 is 5.82 Å². The Balaban J connectivity index is 1.99. The van der Waals surface area contributed by atoms with E-state index in [1.165, 1.54) is 13.2 Å². The Morgan fingerprint density at radius 3 is 2.96 bits per heavy atom. The Morgan fingerprint density at radius 1 is 1.35 bits per heavy atom. The fourth-order valence-electron chi connectivity index (χ4n) is 2.77. The molecule has 0 fully saturated rings. The average Bonchev–Trinajstić information content (AvgIpc) is 2.81. The molecule has 0 radical (unpaired) electrons. The minimum atomic E-state index is -0.460. The van der Waals surface area contributed by atoms with E-state index in [0.717, 1.165) is 38.1 Å². The number of allylic oxidation sites excluding steroid dienone is 1. The van der Waals surface area contributed by atoms with Crippen molar-refractivity contribution in [1.82, 2.24) is 14.8 Å². The number of nitriles is 1. The minimum absolute atomic E-state index is 0.178. The summed E-state index contributed by atoms with van der Waals surface area (Å²) >= 11 is 0. The summed E-state index contributed by atoms with van der Waals surface area (Å²) in [6, 6.07) is 6.75. The van der Waals surface area contributed by atoms with Crippen molar-refractivity contribution in [3.63, 3.8) is 0 Å². The van der Waals surface area contributed by atoms with Gasteiger partial charge in [0, 0.05) is 13.0 Å². The van der Waals surface area contributed by atoms with Crippen molar-refractivity contribution in [1.29, 1.82) is 5.26 Å². The predicted octanol–water partition coefficient (Wildman–Crippen LogP) is 3.22. The fourth-order valence-corrected chi connectivity index (χ4v) is 2.77. The van der Waals surface area contributed by atoms with Crippen LogP contribution < -0.4 is 4.74 Å². The van der Waals surface area contributed by atoms with Crippen molar-refractivity contribution in [2.24, 2.45) is 0 Å². The van der Waals surface area contributed by atoms with Gasteiger partial charge >= 0.3 is 0 Å². The highest BCUT2D eigenvalue weighted by Crippen LogP contribution is 2.23. The van der Waals surface area contributed by atoms with Crippen LogP contribution in [0.3, 0.4) is 0 Å². The lowest BCUT2D eigenvalue weighted by atomic mass is 10.1. The monoisotopic (exact) mass is 312 g/mol. The summed E-state index contributed by atoms with van der Waals surface area (Å²) in [7, 11) is 1.42. The van der Waals surface area contributed by atoms with Gasteiger partial charge in [0.1, 0.15) is 11.9 Å². The maximum absolute atomic E-state index is 13.8. The zero-order valence-electron chi connectivity index (χ0n) is 12.9. The molecule has 0 bridgehead atoms. The van der Waals surface area contributed by atoms with Crippen molar-refractivity contribution in [2.75, 3.05) is 7.11 Å². The summed E-state index contributed by atoms with van der Waals surface area (Å²) in [4.78, 5) is 0. The molecule has 3 rings (SSSR count). The van der Waals surface area contributed by atoms with Crippen molar-refractivity contribution in [3.05, 3.63) is 41.2 Å². The predicted molar refractivity (Wildman–Crippen MR) is 84.0 cm³/mol. The van der Waals surface area contributed by atoms with E-state index in [1.807, 2.05) is 4.57 Å². The van der Waals surface area contributed by atoms with Crippen LogP contribution in [-0.4, -0.2) is 21.9 Å². The van der Waals surface area contributed by atoms with E-state index in [1.54, 1.807) is 18.2 Å². The third-order valence-corrected chi connectivity index (χ3v) is 3.96. The van der Waals surface area contributed by atoms with E-state index in [4.69, 9.17) is 4.74 Å². The molecule has 0 saturated carbocycles. The number of benzene rings is 1. The highest BCUT2D eigenvalue weighted by molar-refractivity contribution is 5.87. The van der Waals surface area contributed by atoms with Gasteiger partial charge in [0.2, 0.25) is 0 Å². The van der Waals surface area contributed by atoms with Crippen LogP contribution in [0.1, 0.15) is 36.5 Å². The average molecular weight is 312 g/mol. The normalized spacial score (nSPS) is 14.7. The van der Waals surface area contributed by atoms with Crippen LogP contribution >= 0.6 is 0 Å². The summed E-state index contributed by atoms with van der Waals surface area (Å²) in [6.45, 7) is 0.813. The molecule has 0 aliphatic carbocycles. The number of nitrogens with zero attached hydrogens (tertiary/aromatic N) is 4. The standard InChI is InChI=1S/C17H17FN4O/c1-23-15-7-6-12(10-14(15)18)9-13(11-19)17-21-20-16-5-3-2-4-8-22(16)17/h6-7,9-10H,2-5,8H2,1H3/b13-9+. The maximum Gasteiger partial charge on any atom is 0.174 e. The van der Waals surface area contributed by atoms with E-state index in [9.17, 15) is 9.65 Å². The second kappa shape index (κ2) is 6.61. The molecule has 1 aliphatic rings. The topological polar surface area (TPSA) is 63.7 Å². The molecule has 1 aromatic heterocycles. The Kier molecular flexibility index (Phi) is 4.38. The summed E-state index contributed by atoms with van der Waals surface area (Å²) in [5.74, 6) is 1.19. The lowest BCUT2D eigenvalue weighted by molar-refractivity contribution is 0.386. The Hall–Kier alpha value is -2.68. The third kappa shape index (κ3) is 3.09. The van der Waals surface area contributed by atoms with Gasteiger partial charge in [-0.2, -0.15) is 5.26 Å². The number of hydrogen-bond acceptors (Lipinski definition) is 4. The molecule has 5 nitrogen and oxygen atoms in total. The van der Waals surface area contributed by atoms with Crippen LogP contribution in [0.4, 0.5) is 4.39 Å². The number of hydrogen-bond donors (Lipinski definition) is 0. The first-order valence-corrected chi connectivity index (χ1v) is 7.60. The maximum atomic E-state index is 13.8. The second-order valence-corrected chi connectivity index (χ2v) is 5.47. The van der Waals surface area contributed by atoms with E-state index in [-0.39, 0.29) is 5.75 Å². The number of rotatable bonds is 3. The van der Waals surface area contributed by atoms with Crippen LogP contribution in [0.2, 0.25) is 0 Å². The number of aryl methyl sites for hydroxylation is 1. The second-order valence-electron chi connectivity index (χ2n) is 5.47. The van der Waals surface area contributed by atoms with Gasteiger partial charge in [-0.3, -0.25) is 0 Å². The number of fused-ring (bicyclic) bond motifs is 1. The van der Waals surface area contributed by atoms with Gasteiger partial charge in [-0.25, -0.2) is 4.39 Å². The van der Waals surface area contributed by atoms with Gasteiger partial charge in [-0.05, 0) is 36.6 Å². The number of aromatic nitrogens is 3. The zero-order valence-corrected chi connectivity index (χ0v) is 12.9. The molecule has 118 valence electrons. The smallest absolute Gasteiger partial charge is 0.174 e. The summed E-state index contributed by atoms with van der Waals surface area (Å²) in [6.07, 6.45) is 5.80. The van der Waals surface area contributed by atoms with Crippen LogP contribution in [0.15, 0.2) is 18.2 Å². The van der Waals surface area contributed by atoms with Crippen molar-refractivity contribution in [2.45, 2.75) is 32.2 Å². The molecule has 6 heteroatoms. The van der Waals surface area contributed by atoms with E-state index in [0.29, 0.717) is 17.0 Å². The largest absolute Gasteiger partial charge is 0.494 e. The van der Waals surface area contributed by atoms with Crippen molar-refractivity contribution >= 4 is 11.6 Å². The first-order valence-electron chi connectivity index (χ1n) is 7.60. The first kappa shape index (κ1) is 15.2. The third-order valence-electron chi connectivity index (χ3n) is 3.96. The van der Waals surface area contributed by atoms with Gasteiger partial charge < -0.3 is 9.30 Å². The first-order chi connectivity index (χ1) is 11.2. The molecule has 0 amide bonds. The lowest BCUT2D eigenvalue weighted by Crippen LogP contribution is -2.05. The van der Waals surface area contributed by atoms with E-state index >= 15 is 0 Å². The number of ether oxygens (including phenoxy) is 1. The quantitative estimate of drug-likeness (QED) is 0.816. The van der Waals surface area contributed by atoms with Gasteiger partial charge in [0.05, 0.1) is 12.7 Å². The van der Waals surface area contributed by atoms with Crippen LogP contribution in [-0.2, 0) is 13.0 Å². The highest BCUT2D eigenvalue weighted by atomic mass is 19.1. The minimum Gasteiger partial charge on any atom is -0.494 e. The van der Waals surface area contributed by atoms with Gasteiger partial charge in [-0.1, -0.05) is 12.5 Å². The molecule has 1 aromatic carbocycles. The molecular formula is C17H17FN4O. The summed E-state index contributed by atoms with van der Waals surface area (Å²) < 4.78 is 20.7. The van der Waals surface area contributed by atoms with Gasteiger partial charge in [0.25, 0.3) is 0 Å². The van der Waals surface area contributed by atoms with E-state index in [2.05, 4.69) is 16.3 Å². The summed E-state index contributed by atoms with van der Waals surface area (Å²) in [5.41, 5.74) is 0.973. The summed E-state index contributed by atoms with van der Waals surface area (Å²) in [5, 5.41) is 17.8. The molecule has 0 N–H and O–H groups in total. The Morgan fingerprint density at radius 2 is 2.22 bits per heavy atom. The Labute approximate surface area is 134 Å². The van der Waals surface area contributed by atoms with Gasteiger partial charge in [0.15, 0.2) is 17.4 Å². The van der Waals surface area contributed by atoms with Crippen molar-refractivity contribution < 1.29 is 9.13 Å². The lowest BCUT2D eigenvalue weighted by Gasteiger charge is -2.06.